The molecule has 0 atom stereocenters. The highest BCUT2D eigenvalue weighted by Gasteiger charge is 2.26. The number of anilines is 1. The van der Waals surface area contributed by atoms with Crippen LogP contribution < -0.4 is 9.64 Å². The van der Waals surface area contributed by atoms with Crippen LogP contribution in [0.15, 0.2) is 79.3 Å². The molecule has 4 aromatic rings. The zero-order valence-electron chi connectivity index (χ0n) is 19.8. The molecule has 0 radical (unpaired) electrons. The number of nitrogens with zero attached hydrogens (tertiary/aromatic N) is 5. The summed E-state index contributed by atoms with van der Waals surface area (Å²) in [7, 11) is 0. The van der Waals surface area contributed by atoms with Crippen LogP contribution in [0.2, 0.25) is 10.0 Å². The van der Waals surface area contributed by atoms with Crippen LogP contribution in [0.5, 0.6) is 11.5 Å². The molecule has 1 aliphatic heterocycles. The van der Waals surface area contributed by atoms with Crippen LogP contribution in [0.1, 0.15) is 11.3 Å². The summed E-state index contributed by atoms with van der Waals surface area (Å²) in [6.07, 6.45) is 3.61. The van der Waals surface area contributed by atoms with Crippen molar-refractivity contribution >= 4 is 40.5 Å². The summed E-state index contributed by atoms with van der Waals surface area (Å²) in [5.74, 6) is 1.13. The quantitative estimate of drug-likeness (QED) is 0.258. The first-order valence-corrected chi connectivity index (χ1v) is 12.5. The maximum Gasteiger partial charge on any atom is 0.241 e. The lowest BCUT2D eigenvalue weighted by molar-refractivity contribution is -0.121. The molecule has 0 aliphatic carbocycles. The number of rotatable bonds is 7. The van der Waals surface area contributed by atoms with Crippen LogP contribution in [0.3, 0.4) is 0 Å². The van der Waals surface area contributed by atoms with E-state index in [1.165, 1.54) is 0 Å². The Balaban J connectivity index is 1.26. The molecule has 0 unspecified atom stereocenters. The van der Waals surface area contributed by atoms with Gasteiger partial charge in [0.05, 0.1) is 25.1 Å². The fourth-order valence-corrected chi connectivity index (χ4v) is 4.59. The number of hydrogen-bond acceptors (Lipinski definition) is 4. The van der Waals surface area contributed by atoms with E-state index in [0.29, 0.717) is 53.4 Å². The molecule has 37 heavy (non-hydrogen) atoms. The maximum absolute atomic E-state index is 12.9. The topological polar surface area (TPSA) is 55.0 Å². The molecule has 9 heteroatoms. The minimum Gasteiger partial charge on any atom is -0.468 e. The molecule has 1 fully saturated rings. The minimum atomic E-state index is 0.0401. The average molecular weight is 532 g/mol. The number of benzene rings is 3. The Kier molecular flexibility index (Phi) is 7.42. The Hall–Kier alpha value is -3.83. The molecule has 7 nitrogen and oxygen atoms in total. The van der Waals surface area contributed by atoms with Gasteiger partial charge in [0.15, 0.2) is 0 Å². The highest BCUT2D eigenvalue weighted by Crippen LogP contribution is 2.33. The smallest absolute Gasteiger partial charge is 0.241 e. The van der Waals surface area contributed by atoms with Crippen LogP contribution in [-0.4, -0.2) is 40.0 Å². The number of imidazole rings is 1. The van der Waals surface area contributed by atoms with E-state index in [0.717, 1.165) is 23.5 Å². The number of aromatic nitrogens is 2. The number of halogens is 2. The number of ether oxygens (including phenoxy) is 1. The first kappa shape index (κ1) is 24.8. The Morgan fingerprint density at radius 2 is 1.81 bits per heavy atom. The monoisotopic (exact) mass is 531 g/mol. The van der Waals surface area contributed by atoms with Gasteiger partial charge in [-0.2, -0.15) is 0 Å². The lowest BCUT2D eigenvalue weighted by Crippen LogP contribution is -2.50. The number of carbonyl (C=O) groups excluding carboxylic acids is 1. The van der Waals surface area contributed by atoms with Crippen molar-refractivity contribution in [3.05, 3.63) is 112 Å². The van der Waals surface area contributed by atoms with E-state index in [1.54, 1.807) is 47.6 Å². The number of hydrogen-bond donors (Lipinski definition) is 0. The molecule has 1 saturated heterocycles. The van der Waals surface area contributed by atoms with Crippen molar-refractivity contribution in [2.24, 2.45) is 0 Å². The highest BCUT2D eigenvalue weighted by atomic mass is 35.5. The Labute approximate surface area is 225 Å². The van der Waals surface area contributed by atoms with Crippen LogP contribution in [0.25, 0.3) is 4.85 Å². The van der Waals surface area contributed by atoms with E-state index in [1.807, 2.05) is 41.1 Å². The summed E-state index contributed by atoms with van der Waals surface area (Å²) >= 11 is 12.1. The number of piperazine rings is 1. The lowest BCUT2D eigenvalue weighted by Gasteiger charge is -2.34. The normalized spacial score (nSPS) is 14.0. The molecule has 3 aromatic carbocycles. The molecule has 0 N–H and O–H groups in total. The van der Waals surface area contributed by atoms with Crippen LogP contribution >= 0.6 is 23.2 Å². The highest BCUT2D eigenvalue weighted by molar-refractivity contribution is 6.31. The zero-order chi connectivity index (χ0) is 25.8. The molecule has 0 saturated carbocycles. The van der Waals surface area contributed by atoms with E-state index in [4.69, 9.17) is 34.5 Å². The summed E-state index contributed by atoms with van der Waals surface area (Å²) in [5, 5.41) is 1.23. The Morgan fingerprint density at radius 3 is 2.57 bits per heavy atom. The predicted molar refractivity (Wildman–Crippen MR) is 145 cm³/mol. The Bertz CT molecular complexity index is 1460. The third-order valence-corrected chi connectivity index (χ3v) is 6.63. The van der Waals surface area contributed by atoms with E-state index in [9.17, 15) is 4.79 Å². The molecule has 186 valence electrons. The van der Waals surface area contributed by atoms with Crippen molar-refractivity contribution in [2.45, 2.75) is 13.1 Å². The van der Waals surface area contributed by atoms with Crippen LogP contribution in [0.4, 0.5) is 11.4 Å². The second kappa shape index (κ2) is 11.1. The predicted octanol–water partition coefficient (Wildman–Crippen LogP) is 6.43. The van der Waals surface area contributed by atoms with Crippen molar-refractivity contribution in [1.29, 1.82) is 0 Å². The molecule has 1 amide bonds. The van der Waals surface area contributed by atoms with Crippen molar-refractivity contribution in [1.82, 2.24) is 14.5 Å². The summed E-state index contributed by atoms with van der Waals surface area (Å²) in [4.78, 5) is 24.7. The van der Waals surface area contributed by atoms with E-state index in [-0.39, 0.29) is 5.91 Å². The molecular weight excluding hydrogens is 509 g/mol. The molecule has 5 rings (SSSR count). The van der Waals surface area contributed by atoms with Crippen molar-refractivity contribution in [3.8, 4) is 11.5 Å². The average Bonchev–Trinajstić information content (AvgIpc) is 3.32. The van der Waals surface area contributed by atoms with E-state index < -0.39 is 0 Å². The van der Waals surface area contributed by atoms with Gasteiger partial charge in [0.1, 0.15) is 11.5 Å². The van der Waals surface area contributed by atoms with Gasteiger partial charge in [0.25, 0.3) is 0 Å². The van der Waals surface area contributed by atoms with Gasteiger partial charge < -0.3 is 14.2 Å². The molecule has 1 aromatic heterocycles. The van der Waals surface area contributed by atoms with Gasteiger partial charge in [0.2, 0.25) is 11.6 Å². The van der Waals surface area contributed by atoms with Gasteiger partial charge in [-0.05, 0) is 54.1 Å². The SMILES string of the molecule is [C-]#[N+]c1ccc(Cn2cncc2CN2CCN(c3cccc(Cl)c3)C(=O)C2)cc1Oc1ccc(Cl)cc1. The van der Waals surface area contributed by atoms with Crippen LogP contribution in [0, 0.1) is 6.57 Å². The molecule has 0 spiro atoms. The van der Waals surface area contributed by atoms with Crippen molar-refractivity contribution in [3.63, 3.8) is 0 Å². The van der Waals surface area contributed by atoms with Gasteiger partial charge in [-0.25, -0.2) is 9.83 Å². The first-order valence-electron chi connectivity index (χ1n) is 11.7. The van der Waals surface area contributed by atoms with Gasteiger partial charge in [-0.15, -0.1) is 0 Å². The zero-order valence-corrected chi connectivity index (χ0v) is 21.4. The lowest BCUT2D eigenvalue weighted by atomic mass is 10.2. The standard InChI is InChI=1S/C28H23Cl2N5O2/c1-31-26-10-5-20(13-27(26)37-25-8-6-21(29)7-9-25)16-34-19-32-15-24(34)17-33-11-12-35(28(36)18-33)23-4-2-3-22(30)14-23/h2-10,13-15,19H,11-12,16-18H2. The summed E-state index contributed by atoms with van der Waals surface area (Å²) < 4.78 is 8.03. The van der Waals surface area contributed by atoms with Crippen molar-refractivity contribution in [2.75, 3.05) is 24.5 Å². The third-order valence-electron chi connectivity index (χ3n) is 6.14. The fourth-order valence-electron chi connectivity index (χ4n) is 4.28. The largest absolute Gasteiger partial charge is 0.468 e. The molecular formula is C28H23Cl2N5O2. The van der Waals surface area contributed by atoms with Crippen LogP contribution in [-0.2, 0) is 17.9 Å². The Morgan fingerprint density at radius 1 is 0.973 bits per heavy atom. The maximum atomic E-state index is 12.9. The molecule has 0 bridgehead atoms. The van der Waals surface area contributed by atoms with Gasteiger partial charge >= 0.3 is 0 Å². The third kappa shape index (κ3) is 5.95. The van der Waals surface area contributed by atoms with E-state index >= 15 is 0 Å². The molecule has 2 heterocycles. The fraction of sp³-hybridized carbons (Fsp3) is 0.179. The van der Waals surface area contributed by atoms with E-state index in [2.05, 4.69) is 14.7 Å². The summed E-state index contributed by atoms with van der Waals surface area (Å²) in [5.41, 5.74) is 3.22. The second-order valence-electron chi connectivity index (χ2n) is 8.72. The van der Waals surface area contributed by atoms with Crippen molar-refractivity contribution < 1.29 is 9.53 Å². The number of amides is 1. The van der Waals surface area contributed by atoms with Gasteiger partial charge in [-0.3, -0.25) is 9.69 Å². The second-order valence-corrected chi connectivity index (χ2v) is 9.59. The minimum absolute atomic E-state index is 0.0401. The summed E-state index contributed by atoms with van der Waals surface area (Å²) in [6.45, 7) is 10.3. The first-order chi connectivity index (χ1) is 18.0. The van der Waals surface area contributed by atoms with Gasteiger partial charge in [-0.1, -0.05) is 41.4 Å². The number of carbonyl (C=O) groups is 1. The molecule has 1 aliphatic rings. The summed E-state index contributed by atoms with van der Waals surface area (Å²) in [6, 6.07) is 19.9. The van der Waals surface area contributed by atoms with Gasteiger partial charge in [0, 0.05) is 48.1 Å².